The molecule has 1 aromatic heterocycles. The molecular weight excluding hydrogens is 270 g/mol. The molecule has 0 spiro atoms. The Morgan fingerprint density at radius 3 is 2.40 bits per heavy atom. The molecule has 0 atom stereocenters. The predicted octanol–water partition coefficient (Wildman–Crippen LogP) is 3.94. The van der Waals surface area contributed by atoms with Crippen molar-refractivity contribution in [3.8, 4) is 11.5 Å². The Balaban J connectivity index is 1.60. The van der Waals surface area contributed by atoms with E-state index in [-0.39, 0.29) is 0 Å². The minimum Gasteiger partial charge on any atom is -0.457 e. The standard InChI is InChI=1S/C15H13N3OS/c1-2-4-14(5-3-1)19-15-8-6-12(7-9-15)16-10-13-11-20-18-17-13/h1-9,11,16H,10H2. The zero-order chi connectivity index (χ0) is 13.6. The van der Waals surface area contributed by atoms with Gasteiger partial charge in [-0.05, 0) is 47.9 Å². The summed E-state index contributed by atoms with van der Waals surface area (Å²) in [6.45, 7) is 0.676. The minimum absolute atomic E-state index is 0.676. The summed E-state index contributed by atoms with van der Waals surface area (Å²) in [4.78, 5) is 0. The molecule has 4 nitrogen and oxygen atoms in total. The highest BCUT2D eigenvalue weighted by Gasteiger charge is 1.99. The molecule has 1 heterocycles. The lowest BCUT2D eigenvalue weighted by Crippen LogP contribution is -1.99. The quantitative estimate of drug-likeness (QED) is 0.770. The fourth-order valence-electron chi connectivity index (χ4n) is 1.72. The molecule has 0 bridgehead atoms. The second kappa shape index (κ2) is 6.16. The Morgan fingerprint density at radius 1 is 0.950 bits per heavy atom. The Bertz CT molecular complexity index is 639. The summed E-state index contributed by atoms with van der Waals surface area (Å²) in [5.74, 6) is 1.65. The van der Waals surface area contributed by atoms with Crippen molar-refractivity contribution in [3.63, 3.8) is 0 Å². The Kier molecular flexibility index (Phi) is 3.89. The van der Waals surface area contributed by atoms with Crippen LogP contribution in [0.5, 0.6) is 11.5 Å². The number of nitrogens with one attached hydrogen (secondary N) is 1. The van der Waals surface area contributed by atoms with Crippen molar-refractivity contribution in [2.45, 2.75) is 6.54 Å². The summed E-state index contributed by atoms with van der Waals surface area (Å²) in [5.41, 5.74) is 1.97. The first-order chi connectivity index (χ1) is 9.90. The molecule has 0 amide bonds. The molecule has 3 rings (SSSR count). The number of hydrogen-bond acceptors (Lipinski definition) is 5. The Morgan fingerprint density at radius 2 is 1.70 bits per heavy atom. The lowest BCUT2D eigenvalue weighted by atomic mass is 10.3. The molecule has 0 saturated heterocycles. The average molecular weight is 283 g/mol. The van der Waals surface area contributed by atoms with E-state index in [0.717, 1.165) is 22.9 Å². The Labute approximate surface area is 121 Å². The number of rotatable bonds is 5. The van der Waals surface area contributed by atoms with E-state index < -0.39 is 0 Å². The van der Waals surface area contributed by atoms with Crippen molar-refractivity contribution in [1.82, 2.24) is 9.59 Å². The summed E-state index contributed by atoms with van der Waals surface area (Å²) in [7, 11) is 0. The van der Waals surface area contributed by atoms with Crippen molar-refractivity contribution >= 4 is 17.2 Å². The summed E-state index contributed by atoms with van der Waals surface area (Å²) in [6.07, 6.45) is 0. The van der Waals surface area contributed by atoms with Crippen LogP contribution in [0.2, 0.25) is 0 Å². The average Bonchev–Trinajstić information content (AvgIpc) is 3.01. The number of benzene rings is 2. The normalized spacial score (nSPS) is 10.2. The van der Waals surface area contributed by atoms with Gasteiger partial charge in [0.25, 0.3) is 0 Å². The van der Waals surface area contributed by atoms with E-state index in [9.17, 15) is 0 Å². The highest BCUT2D eigenvalue weighted by atomic mass is 32.1. The summed E-state index contributed by atoms with van der Waals surface area (Å²) in [5, 5.41) is 9.20. The molecule has 5 heteroatoms. The van der Waals surface area contributed by atoms with Crippen LogP contribution < -0.4 is 10.1 Å². The fraction of sp³-hybridized carbons (Fsp3) is 0.0667. The highest BCUT2D eigenvalue weighted by Crippen LogP contribution is 2.22. The van der Waals surface area contributed by atoms with Gasteiger partial charge < -0.3 is 10.1 Å². The number of hydrogen-bond donors (Lipinski definition) is 1. The van der Waals surface area contributed by atoms with Crippen LogP contribution in [0.4, 0.5) is 5.69 Å². The van der Waals surface area contributed by atoms with Gasteiger partial charge in [0.15, 0.2) is 0 Å². The zero-order valence-corrected chi connectivity index (χ0v) is 11.5. The predicted molar refractivity (Wildman–Crippen MR) is 80.2 cm³/mol. The molecule has 0 radical (unpaired) electrons. The lowest BCUT2D eigenvalue weighted by Gasteiger charge is -2.07. The van der Waals surface area contributed by atoms with Gasteiger partial charge in [-0.2, -0.15) is 0 Å². The maximum absolute atomic E-state index is 5.74. The Hall–Kier alpha value is -2.40. The van der Waals surface area contributed by atoms with Crippen LogP contribution in [0.1, 0.15) is 5.69 Å². The van der Waals surface area contributed by atoms with Crippen molar-refractivity contribution in [1.29, 1.82) is 0 Å². The molecule has 0 aliphatic carbocycles. The van der Waals surface area contributed by atoms with Crippen molar-refractivity contribution < 1.29 is 4.74 Å². The zero-order valence-electron chi connectivity index (χ0n) is 10.7. The van der Waals surface area contributed by atoms with Crippen molar-refractivity contribution in [3.05, 3.63) is 65.7 Å². The fourth-order valence-corrected chi connectivity index (χ4v) is 2.17. The van der Waals surface area contributed by atoms with Crippen LogP contribution in [0, 0.1) is 0 Å². The van der Waals surface area contributed by atoms with E-state index in [4.69, 9.17) is 4.74 Å². The third-order valence-corrected chi connectivity index (χ3v) is 3.27. The molecule has 3 aromatic rings. The molecule has 0 unspecified atom stereocenters. The van der Waals surface area contributed by atoms with Gasteiger partial charge in [0, 0.05) is 11.1 Å². The van der Waals surface area contributed by atoms with Gasteiger partial charge in [-0.25, -0.2) is 0 Å². The van der Waals surface area contributed by atoms with Crippen molar-refractivity contribution in [2.24, 2.45) is 0 Å². The smallest absolute Gasteiger partial charge is 0.127 e. The van der Waals surface area contributed by atoms with Crippen LogP contribution >= 0.6 is 11.5 Å². The third-order valence-electron chi connectivity index (χ3n) is 2.71. The van der Waals surface area contributed by atoms with Crippen LogP contribution in [0.3, 0.4) is 0 Å². The topological polar surface area (TPSA) is 47.0 Å². The molecule has 20 heavy (non-hydrogen) atoms. The van der Waals surface area contributed by atoms with E-state index >= 15 is 0 Å². The maximum atomic E-state index is 5.74. The maximum Gasteiger partial charge on any atom is 0.127 e. The largest absolute Gasteiger partial charge is 0.457 e. The second-order valence-corrected chi connectivity index (χ2v) is 4.80. The van der Waals surface area contributed by atoms with Crippen LogP contribution in [0.25, 0.3) is 0 Å². The number of ether oxygens (including phenoxy) is 1. The number of aromatic nitrogens is 2. The molecule has 2 aromatic carbocycles. The molecule has 0 saturated carbocycles. The molecule has 0 aliphatic heterocycles. The van der Waals surface area contributed by atoms with Crippen LogP contribution in [-0.2, 0) is 6.54 Å². The van der Waals surface area contributed by atoms with Crippen molar-refractivity contribution in [2.75, 3.05) is 5.32 Å². The molecule has 0 aliphatic rings. The summed E-state index contributed by atoms with van der Waals surface area (Å²) in [6, 6.07) is 17.6. The number of anilines is 1. The van der Waals surface area contributed by atoms with Gasteiger partial charge in [-0.15, -0.1) is 5.10 Å². The van der Waals surface area contributed by atoms with Gasteiger partial charge in [-0.3, -0.25) is 0 Å². The van der Waals surface area contributed by atoms with Gasteiger partial charge in [0.1, 0.15) is 11.5 Å². The first-order valence-corrected chi connectivity index (χ1v) is 7.06. The highest BCUT2D eigenvalue weighted by molar-refractivity contribution is 7.03. The molecule has 1 N–H and O–H groups in total. The van der Waals surface area contributed by atoms with E-state index in [1.165, 1.54) is 11.5 Å². The van der Waals surface area contributed by atoms with Gasteiger partial charge in [-0.1, -0.05) is 22.7 Å². The second-order valence-electron chi connectivity index (χ2n) is 4.19. The molecule has 0 fully saturated rings. The van der Waals surface area contributed by atoms with E-state index in [0.29, 0.717) is 6.54 Å². The summed E-state index contributed by atoms with van der Waals surface area (Å²) < 4.78 is 9.56. The van der Waals surface area contributed by atoms with Crippen LogP contribution in [-0.4, -0.2) is 9.59 Å². The third kappa shape index (κ3) is 3.33. The molecular formula is C15H13N3OS. The lowest BCUT2D eigenvalue weighted by molar-refractivity contribution is 0.483. The van der Waals surface area contributed by atoms with E-state index in [1.54, 1.807) is 0 Å². The first-order valence-electron chi connectivity index (χ1n) is 6.23. The van der Waals surface area contributed by atoms with E-state index in [2.05, 4.69) is 14.9 Å². The van der Waals surface area contributed by atoms with Gasteiger partial charge >= 0.3 is 0 Å². The SMILES string of the molecule is c1ccc(Oc2ccc(NCc3csnn3)cc2)cc1. The van der Waals surface area contributed by atoms with Crippen LogP contribution in [0.15, 0.2) is 60.0 Å². The molecule has 100 valence electrons. The monoisotopic (exact) mass is 283 g/mol. The number of nitrogens with zero attached hydrogens (tertiary/aromatic N) is 2. The number of para-hydroxylation sites is 1. The van der Waals surface area contributed by atoms with Gasteiger partial charge in [0.05, 0.1) is 12.2 Å². The van der Waals surface area contributed by atoms with Gasteiger partial charge in [0.2, 0.25) is 0 Å². The van der Waals surface area contributed by atoms with E-state index in [1.807, 2.05) is 60.0 Å². The first kappa shape index (κ1) is 12.6. The summed E-state index contributed by atoms with van der Waals surface area (Å²) >= 11 is 1.36. The minimum atomic E-state index is 0.676.